The molecule has 2 aromatic rings. The second-order valence-corrected chi connectivity index (χ2v) is 7.79. The first-order valence-electron chi connectivity index (χ1n) is 8.83. The molecule has 0 radical (unpaired) electrons. The van der Waals surface area contributed by atoms with Gasteiger partial charge in [-0.25, -0.2) is 5.01 Å². The second-order valence-electron chi connectivity index (χ2n) is 7.79. The van der Waals surface area contributed by atoms with Gasteiger partial charge < -0.3 is 4.74 Å². The van der Waals surface area contributed by atoms with Crippen LogP contribution in [0.15, 0.2) is 36.4 Å². The molecule has 1 aliphatic heterocycles. The Hall–Kier alpha value is -2.28. The molecule has 1 saturated heterocycles. The summed E-state index contributed by atoms with van der Waals surface area (Å²) in [5, 5.41) is 2.13. The maximum Gasteiger partial charge on any atom is 0.409 e. The number of hydrogen-bond donors (Lipinski definition) is 1. The quantitative estimate of drug-likeness (QED) is 0.843. The first kappa shape index (κ1) is 19.5. The van der Waals surface area contributed by atoms with E-state index in [2.05, 4.69) is 5.43 Å². The van der Waals surface area contributed by atoms with Crippen LogP contribution in [0, 0.1) is 5.41 Å². The summed E-state index contributed by atoms with van der Waals surface area (Å²) in [6.07, 6.45) is -4.58. The molecule has 0 aromatic heterocycles. The molecule has 146 valence electrons. The highest BCUT2D eigenvalue weighted by Crippen LogP contribution is 2.43. The smallest absolute Gasteiger partial charge is 0.409 e. The van der Waals surface area contributed by atoms with Gasteiger partial charge in [0.25, 0.3) is 0 Å². The number of carbonyl (C=O) groups excluding carboxylic acids is 1. The molecule has 27 heavy (non-hydrogen) atoms. The molecule has 7 heteroatoms. The largest absolute Gasteiger partial charge is 0.491 e. The van der Waals surface area contributed by atoms with Crippen molar-refractivity contribution in [1.82, 2.24) is 10.4 Å². The van der Waals surface area contributed by atoms with Crippen LogP contribution in [-0.4, -0.2) is 29.7 Å². The first-order valence-corrected chi connectivity index (χ1v) is 8.83. The van der Waals surface area contributed by atoms with Gasteiger partial charge in [0.05, 0.1) is 11.5 Å². The molecule has 0 unspecified atom stereocenters. The molecule has 1 fully saturated rings. The molecule has 0 spiro atoms. The molecule has 0 saturated carbocycles. The lowest BCUT2D eigenvalue weighted by Crippen LogP contribution is -2.43. The van der Waals surface area contributed by atoms with Gasteiger partial charge in [0.15, 0.2) is 6.04 Å². The van der Waals surface area contributed by atoms with Crippen LogP contribution in [0.3, 0.4) is 0 Å². The molecular weight excluding hydrogens is 357 g/mol. The molecule has 1 aliphatic rings. The number of fused-ring (bicyclic) bond motifs is 1. The third-order valence-electron chi connectivity index (χ3n) is 4.60. The fraction of sp³-hybridized carbons (Fsp3) is 0.450. The lowest BCUT2D eigenvalue weighted by Gasteiger charge is -2.30. The number of alkyl halides is 3. The van der Waals surface area contributed by atoms with Crippen molar-refractivity contribution in [1.29, 1.82) is 0 Å². The van der Waals surface area contributed by atoms with Gasteiger partial charge in [-0.3, -0.25) is 10.2 Å². The number of halogens is 3. The van der Waals surface area contributed by atoms with Crippen LogP contribution in [-0.2, 0) is 4.79 Å². The van der Waals surface area contributed by atoms with E-state index in [1.807, 2.05) is 13.8 Å². The fourth-order valence-electron chi connectivity index (χ4n) is 3.37. The fourth-order valence-corrected chi connectivity index (χ4v) is 3.37. The predicted octanol–water partition coefficient (Wildman–Crippen LogP) is 4.60. The predicted molar refractivity (Wildman–Crippen MR) is 97.1 cm³/mol. The number of ether oxygens (including phenoxy) is 1. The number of nitrogens with one attached hydrogen (secondary N) is 1. The molecular formula is C20H23F3N2O2. The molecule has 2 aromatic carbocycles. The average molecular weight is 380 g/mol. The topological polar surface area (TPSA) is 41.6 Å². The second kappa shape index (κ2) is 6.71. The highest BCUT2D eigenvalue weighted by atomic mass is 19.4. The highest BCUT2D eigenvalue weighted by Gasteiger charge is 2.51. The van der Waals surface area contributed by atoms with Crippen molar-refractivity contribution in [3.63, 3.8) is 0 Å². The van der Waals surface area contributed by atoms with Crippen LogP contribution < -0.4 is 10.2 Å². The maximum atomic E-state index is 14.0. The number of amides is 1. The number of rotatable bonds is 4. The molecule has 4 nitrogen and oxygen atoms in total. The Morgan fingerprint density at radius 1 is 1.19 bits per heavy atom. The Bertz CT molecular complexity index is 862. The van der Waals surface area contributed by atoms with Gasteiger partial charge in [-0.15, -0.1) is 0 Å². The molecule has 1 heterocycles. The van der Waals surface area contributed by atoms with Gasteiger partial charge in [-0.05, 0) is 56.2 Å². The van der Waals surface area contributed by atoms with Crippen molar-refractivity contribution >= 4 is 16.7 Å². The van der Waals surface area contributed by atoms with E-state index in [0.717, 1.165) is 5.01 Å². The summed E-state index contributed by atoms with van der Waals surface area (Å²) in [6, 6.07) is 7.93. The van der Waals surface area contributed by atoms with E-state index in [1.165, 1.54) is 6.07 Å². The Labute approximate surface area is 156 Å². The first-order chi connectivity index (χ1) is 12.5. The van der Waals surface area contributed by atoms with E-state index in [0.29, 0.717) is 16.5 Å². The minimum Gasteiger partial charge on any atom is -0.491 e. The van der Waals surface area contributed by atoms with Crippen molar-refractivity contribution in [2.24, 2.45) is 5.41 Å². The van der Waals surface area contributed by atoms with E-state index in [4.69, 9.17) is 4.74 Å². The third-order valence-corrected chi connectivity index (χ3v) is 4.60. The zero-order chi connectivity index (χ0) is 20.0. The van der Waals surface area contributed by atoms with Crippen LogP contribution >= 0.6 is 0 Å². The zero-order valence-corrected chi connectivity index (χ0v) is 15.7. The van der Waals surface area contributed by atoms with Crippen LogP contribution in [0.4, 0.5) is 13.2 Å². The molecule has 3 rings (SSSR count). The van der Waals surface area contributed by atoms with Gasteiger partial charge >= 0.3 is 6.18 Å². The summed E-state index contributed by atoms with van der Waals surface area (Å²) in [5.41, 5.74) is 1.62. The Morgan fingerprint density at radius 2 is 1.89 bits per heavy atom. The van der Waals surface area contributed by atoms with E-state index < -0.39 is 23.5 Å². The van der Waals surface area contributed by atoms with Crippen LogP contribution in [0.5, 0.6) is 5.75 Å². The Morgan fingerprint density at radius 3 is 2.44 bits per heavy atom. The van der Waals surface area contributed by atoms with E-state index in [9.17, 15) is 18.0 Å². The van der Waals surface area contributed by atoms with Gasteiger partial charge in [-0.2, -0.15) is 13.2 Å². The zero-order valence-electron chi connectivity index (χ0n) is 15.7. The molecule has 0 bridgehead atoms. The number of benzene rings is 2. The normalized spacial score (nSPS) is 18.7. The van der Waals surface area contributed by atoms with Crippen LogP contribution in [0.1, 0.15) is 39.3 Å². The van der Waals surface area contributed by atoms with E-state index >= 15 is 0 Å². The molecule has 1 atom stereocenters. The third kappa shape index (κ3) is 3.88. The maximum absolute atomic E-state index is 14.0. The van der Waals surface area contributed by atoms with Gasteiger partial charge in [0.1, 0.15) is 5.75 Å². The summed E-state index contributed by atoms with van der Waals surface area (Å²) >= 11 is 0. The summed E-state index contributed by atoms with van der Waals surface area (Å²) in [6.45, 7) is 7.01. The van der Waals surface area contributed by atoms with Crippen molar-refractivity contribution in [2.45, 2.75) is 46.0 Å². The summed E-state index contributed by atoms with van der Waals surface area (Å²) < 4.78 is 47.6. The van der Waals surface area contributed by atoms with Crippen LogP contribution in [0.25, 0.3) is 10.8 Å². The van der Waals surface area contributed by atoms with Crippen LogP contribution in [0.2, 0.25) is 0 Å². The average Bonchev–Trinajstić information content (AvgIpc) is 2.78. The molecule has 1 N–H and O–H groups in total. The summed E-state index contributed by atoms with van der Waals surface area (Å²) in [7, 11) is 0. The van der Waals surface area contributed by atoms with Gasteiger partial charge in [-0.1, -0.05) is 24.3 Å². The Kier molecular flexibility index (Phi) is 4.84. The molecule has 0 aliphatic carbocycles. The summed E-state index contributed by atoms with van der Waals surface area (Å²) in [5.74, 6) is 0.193. The Balaban J connectivity index is 2.08. The van der Waals surface area contributed by atoms with E-state index in [1.54, 1.807) is 44.2 Å². The van der Waals surface area contributed by atoms with E-state index in [-0.39, 0.29) is 18.2 Å². The van der Waals surface area contributed by atoms with Crippen molar-refractivity contribution in [3.05, 3.63) is 42.0 Å². The highest BCUT2D eigenvalue weighted by molar-refractivity contribution is 5.88. The lowest BCUT2D eigenvalue weighted by atomic mass is 9.93. The van der Waals surface area contributed by atoms with Gasteiger partial charge in [0, 0.05) is 6.54 Å². The molecule has 1 amide bonds. The monoisotopic (exact) mass is 380 g/mol. The number of carbonyl (C=O) groups is 1. The van der Waals surface area contributed by atoms with Crippen molar-refractivity contribution < 1.29 is 22.7 Å². The van der Waals surface area contributed by atoms with Crippen molar-refractivity contribution in [3.8, 4) is 5.75 Å². The standard InChI is InChI=1S/C20H23F3N2O2/c1-12(2)27-14-8-9-15-13(10-14)6-5-7-16(15)17(20(21,22)23)25-11-19(3,4)18(26)24-25/h5-10,12,17H,11H2,1-4H3,(H,24,26)/t17-/m0/s1. The minimum atomic E-state index is -4.55. The van der Waals surface area contributed by atoms with Gasteiger partial charge in [0.2, 0.25) is 5.91 Å². The van der Waals surface area contributed by atoms with Crippen molar-refractivity contribution in [2.75, 3.05) is 6.54 Å². The minimum absolute atomic E-state index is 0.0268. The number of hydrazine groups is 1. The number of nitrogens with zero attached hydrogens (tertiary/aromatic N) is 1. The lowest BCUT2D eigenvalue weighted by molar-refractivity contribution is -0.191. The number of hydrogen-bond acceptors (Lipinski definition) is 3. The summed E-state index contributed by atoms with van der Waals surface area (Å²) in [4.78, 5) is 12.0. The SMILES string of the molecule is CC(C)Oc1ccc2c([C@H](N3CC(C)(C)C(=O)N3)C(F)(F)F)cccc2c1.